The molecular weight excluding hydrogens is 551 g/mol. The van der Waals surface area contributed by atoms with Gasteiger partial charge in [0, 0.05) is 31.5 Å². The lowest BCUT2D eigenvalue weighted by Gasteiger charge is -2.29. The molecule has 0 radical (unpaired) electrons. The maximum absolute atomic E-state index is 5.14. The van der Waals surface area contributed by atoms with E-state index in [-0.39, 0.29) is 5.41 Å². The third-order valence-electron chi connectivity index (χ3n) is 9.68. The van der Waals surface area contributed by atoms with Crippen LogP contribution in [0.15, 0.2) is 152 Å². The van der Waals surface area contributed by atoms with Gasteiger partial charge >= 0.3 is 0 Å². The van der Waals surface area contributed by atoms with Crippen molar-refractivity contribution in [3.63, 3.8) is 0 Å². The predicted molar refractivity (Wildman–Crippen MR) is 184 cm³/mol. The van der Waals surface area contributed by atoms with Crippen LogP contribution in [0.3, 0.4) is 0 Å². The Bertz CT molecular complexity index is 2400. The average molecular weight is 576 g/mol. The van der Waals surface area contributed by atoms with Crippen LogP contribution in [0, 0.1) is 0 Å². The number of pyridine rings is 1. The van der Waals surface area contributed by atoms with Crippen molar-refractivity contribution in [2.45, 2.75) is 5.41 Å². The summed E-state index contributed by atoms with van der Waals surface area (Å²) in [4.78, 5) is 6.57. The highest BCUT2D eigenvalue weighted by atomic mass is 32.1. The molecule has 204 valence electrons. The fourth-order valence-corrected chi connectivity index (χ4v) is 9.41. The Morgan fingerprint density at radius 2 is 1.07 bits per heavy atom. The van der Waals surface area contributed by atoms with Crippen molar-refractivity contribution in [3.8, 4) is 44.6 Å². The summed E-state index contributed by atoms with van der Waals surface area (Å²) < 4.78 is 1.34. The van der Waals surface area contributed by atoms with Crippen LogP contribution in [-0.2, 0) is 5.41 Å². The van der Waals surface area contributed by atoms with Gasteiger partial charge in [-0.2, -0.15) is 0 Å². The van der Waals surface area contributed by atoms with Gasteiger partial charge in [-0.05, 0) is 62.7 Å². The molecular formula is C42H25NS. The zero-order chi connectivity index (χ0) is 28.8. The van der Waals surface area contributed by atoms with Crippen molar-refractivity contribution in [1.82, 2.24) is 4.98 Å². The molecule has 0 fully saturated rings. The molecule has 0 amide bonds. The number of hydrogen-bond donors (Lipinski definition) is 0. The van der Waals surface area contributed by atoms with Crippen LogP contribution in [0.2, 0.25) is 0 Å². The summed E-state index contributed by atoms with van der Waals surface area (Å²) in [5.41, 5.74) is 14.8. The third-order valence-corrected chi connectivity index (χ3v) is 11.0. The van der Waals surface area contributed by atoms with Crippen molar-refractivity contribution < 1.29 is 0 Å². The summed E-state index contributed by atoms with van der Waals surface area (Å²) >= 11 is 1.96. The molecule has 44 heavy (non-hydrogen) atoms. The van der Waals surface area contributed by atoms with Crippen LogP contribution in [0.25, 0.3) is 65.6 Å². The smallest absolute Gasteiger partial charge is 0.0819 e. The Balaban J connectivity index is 1.38. The lowest BCUT2D eigenvalue weighted by molar-refractivity contribution is 0.812. The first kappa shape index (κ1) is 24.2. The number of thiophene rings is 1. The summed E-state index contributed by atoms with van der Waals surface area (Å²) in [6.07, 6.45) is 0. The summed E-state index contributed by atoms with van der Waals surface area (Å²) in [7, 11) is 0. The first-order valence-electron chi connectivity index (χ1n) is 15.1. The number of para-hydroxylation sites is 1. The number of rotatable bonds is 2. The van der Waals surface area contributed by atoms with E-state index in [4.69, 9.17) is 4.98 Å². The number of aromatic nitrogens is 1. The standard InChI is InChI=1S/C42H25NS/c1-2-13-26(14-3-1)37-25-32(29-17-6-10-23-36(29)43-37)30-19-12-22-35-39(30)40-31-18-7-11-24-38(31)44-41(40)42(35)33-20-8-4-15-27(33)28-16-5-9-21-34(28)42/h1-25H. The van der Waals surface area contributed by atoms with Gasteiger partial charge in [0.25, 0.3) is 0 Å². The maximum Gasteiger partial charge on any atom is 0.0819 e. The van der Waals surface area contributed by atoms with E-state index >= 15 is 0 Å². The summed E-state index contributed by atoms with van der Waals surface area (Å²) in [6, 6.07) is 55.5. The van der Waals surface area contributed by atoms with Crippen LogP contribution >= 0.6 is 11.3 Å². The minimum absolute atomic E-state index is 0.358. The van der Waals surface area contributed by atoms with Gasteiger partial charge < -0.3 is 0 Å². The van der Waals surface area contributed by atoms with Crippen LogP contribution in [0.5, 0.6) is 0 Å². The quantitative estimate of drug-likeness (QED) is 0.200. The zero-order valence-corrected chi connectivity index (χ0v) is 24.6. The van der Waals surface area contributed by atoms with E-state index in [2.05, 4.69) is 152 Å². The lowest BCUT2D eigenvalue weighted by atomic mass is 9.73. The second-order valence-corrected chi connectivity index (χ2v) is 12.9. The van der Waals surface area contributed by atoms with Gasteiger partial charge in [-0.15, -0.1) is 11.3 Å². The number of nitrogens with zero attached hydrogens (tertiary/aromatic N) is 1. The van der Waals surface area contributed by atoms with Crippen molar-refractivity contribution >= 4 is 32.3 Å². The highest BCUT2D eigenvalue weighted by molar-refractivity contribution is 7.20. The molecule has 2 aromatic heterocycles. The molecule has 2 aliphatic rings. The topological polar surface area (TPSA) is 12.9 Å². The van der Waals surface area contributed by atoms with Gasteiger partial charge in [0.05, 0.1) is 16.6 Å². The van der Waals surface area contributed by atoms with Crippen molar-refractivity contribution in [2.75, 3.05) is 0 Å². The molecule has 0 atom stereocenters. The normalized spacial score (nSPS) is 13.6. The fourth-order valence-electron chi connectivity index (χ4n) is 7.96. The number of hydrogen-bond acceptors (Lipinski definition) is 2. The average Bonchev–Trinajstić information content (AvgIpc) is 3.72. The largest absolute Gasteiger partial charge is 0.248 e. The summed E-state index contributed by atoms with van der Waals surface area (Å²) in [5.74, 6) is 0. The fraction of sp³-hybridized carbons (Fsp3) is 0.0238. The van der Waals surface area contributed by atoms with Gasteiger partial charge in [-0.1, -0.05) is 133 Å². The number of fused-ring (bicyclic) bond motifs is 13. The van der Waals surface area contributed by atoms with E-state index in [1.54, 1.807) is 0 Å². The van der Waals surface area contributed by atoms with E-state index in [1.165, 1.54) is 70.4 Å². The minimum Gasteiger partial charge on any atom is -0.248 e. The van der Waals surface area contributed by atoms with E-state index in [9.17, 15) is 0 Å². The molecule has 0 bridgehead atoms. The molecule has 1 spiro atoms. The van der Waals surface area contributed by atoms with Crippen LogP contribution in [0.1, 0.15) is 21.6 Å². The monoisotopic (exact) mass is 575 g/mol. The van der Waals surface area contributed by atoms with Crippen molar-refractivity contribution in [1.29, 1.82) is 0 Å². The SMILES string of the molecule is c1ccc(-c2cc(-c3cccc4c3-c3c(sc5ccccc35)C43c4ccccc4-c4ccccc43)c3ccccc3n2)cc1. The lowest BCUT2D eigenvalue weighted by Crippen LogP contribution is -2.24. The van der Waals surface area contributed by atoms with E-state index in [1.807, 2.05) is 11.3 Å². The molecule has 2 heterocycles. The first-order valence-corrected chi connectivity index (χ1v) is 16.0. The number of benzene rings is 6. The molecule has 0 saturated heterocycles. The van der Waals surface area contributed by atoms with Gasteiger partial charge in [-0.25, -0.2) is 4.98 Å². The second kappa shape index (κ2) is 8.86. The Hall–Kier alpha value is -5.31. The first-order chi connectivity index (χ1) is 21.8. The van der Waals surface area contributed by atoms with Crippen LogP contribution in [-0.4, -0.2) is 4.98 Å². The Morgan fingerprint density at radius 1 is 0.455 bits per heavy atom. The van der Waals surface area contributed by atoms with Crippen LogP contribution in [0.4, 0.5) is 0 Å². The van der Waals surface area contributed by atoms with Gasteiger partial charge in [0.15, 0.2) is 0 Å². The van der Waals surface area contributed by atoms with E-state index < -0.39 is 0 Å². The zero-order valence-electron chi connectivity index (χ0n) is 23.8. The predicted octanol–water partition coefficient (Wildman–Crippen LogP) is 11.1. The molecule has 0 N–H and O–H groups in total. The van der Waals surface area contributed by atoms with Crippen LogP contribution < -0.4 is 0 Å². The van der Waals surface area contributed by atoms with Gasteiger partial charge in [-0.3, -0.25) is 0 Å². The molecule has 6 aromatic carbocycles. The molecule has 10 rings (SSSR count). The molecule has 2 aliphatic carbocycles. The summed E-state index contributed by atoms with van der Waals surface area (Å²) in [6.45, 7) is 0. The van der Waals surface area contributed by atoms with Gasteiger partial charge in [0.1, 0.15) is 0 Å². The second-order valence-electron chi connectivity index (χ2n) is 11.8. The highest BCUT2D eigenvalue weighted by Gasteiger charge is 2.53. The Morgan fingerprint density at radius 3 is 1.86 bits per heavy atom. The molecule has 0 unspecified atom stereocenters. The molecule has 8 aromatic rings. The van der Waals surface area contributed by atoms with E-state index in [0.29, 0.717) is 0 Å². The molecule has 0 aliphatic heterocycles. The Kier molecular flexibility index (Phi) is 4.86. The summed E-state index contributed by atoms with van der Waals surface area (Å²) in [5, 5.41) is 2.51. The highest BCUT2D eigenvalue weighted by Crippen LogP contribution is 2.67. The minimum atomic E-state index is -0.358. The van der Waals surface area contributed by atoms with Crippen molar-refractivity contribution in [3.05, 3.63) is 173 Å². The van der Waals surface area contributed by atoms with Crippen molar-refractivity contribution in [2.24, 2.45) is 0 Å². The molecule has 1 nitrogen and oxygen atoms in total. The van der Waals surface area contributed by atoms with E-state index in [0.717, 1.165) is 16.8 Å². The Labute approximate surface area is 259 Å². The third kappa shape index (κ3) is 3.01. The molecule has 2 heteroatoms. The maximum atomic E-state index is 5.14. The van der Waals surface area contributed by atoms with Gasteiger partial charge in [0.2, 0.25) is 0 Å². The molecule has 0 saturated carbocycles.